The first-order chi connectivity index (χ1) is 11.6. The van der Waals surface area contributed by atoms with Crippen LogP contribution in [0.1, 0.15) is 34.8 Å². The van der Waals surface area contributed by atoms with Gasteiger partial charge in [0.25, 0.3) is 5.91 Å². The molecule has 136 valence electrons. The van der Waals surface area contributed by atoms with Gasteiger partial charge < -0.3 is 5.32 Å². The van der Waals surface area contributed by atoms with Gasteiger partial charge in [-0.25, -0.2) is 8.42 Å². The van der Waals surface area contributed by atoms with E-state index in [0.717, 1.165) is 23.2 Å². The van der Waals surface area contributed by atoms with Gasteiger partial charge in [-0.2, -0.15) is 0 Å². The van der Waals surface area contributed by atoms with Gasteiger partial charge in [0, 0.05) is 18.5 Å². The van der Waals surface area contributed by atoms with Gasteiger partial charge in [-0.05, 0) is 30.5 Å². The summed E-state index contributed by atoms with van der Waals surface area (Å²) in [5, 5.41) is 2.82. The molecule has 0 bridgehead atoms. The van der Waals surface area contributed by atoms with Crippen LogP contribution in [0.5, 0.6) is 0 Å². The third-order valence-electron chi connectivity index (χ3n) is 3.71. The van der Waals surface area contributed by atoms with E-state index in [2.05, 4.69) is 5.32 Å². The van der Waals surface area contributed by atoms with Gasteiger partial charge in [-0.15, -0.1) is 0 Å². The van der Waals surface area contributed by atoms with E-state index in [-0.39, 0.29) is 15.7 Å². The summed E-state index contributed by atoms with van der Waals surface area (Å²) < 4.78 is 24.5. The van der Waals surface area contributed by atoms with E-state index in [1.165, 1.54) is 16.7 Å². The molecule has 0 radical (unpaired) electrons. The SMILES string of the molecule is Cc1c(C(=O)NCC(C)C)sc(=O)n1Cc1ccc(S(C)(=O)=O)cc1. The van der Waals surface area contributed by atoms with Gasteiger partial charge in [0.05, 0.1) is 11.4 Å². The lowest BCUT2D eigenvalue weighted by molar-refractivity contribution is 0.0952. The second-order valence-electron chi connectivity index (χ2n) is 6.39. The molecule has 1 aromatic heterocycles. The van der Waals surface area contributed by atoms with Crippen molar-refractivity contribution in [1.29, 1.82) is 0 Å². The summed E-state index contributed by atoms with van der Waals surface area (Å²) >= 11 is 0.927. The third-order valence-corrected chi connectivity index (χ3v) is 5.92. The van der Waals surface area contributed by atoms with Gasteiger partial charge in [0.15, 0.2) is 9.84 Å². The summed E-state index contributed by atoms with van der Waals surface area (Å²) in [4.78, 5) is 24.9. The maximum absolute atomic E-state index is 12.2. The molecule has 0 atom stereocenters. The number of nitrogens with zero attached hydrogens (tertiary/aromatic N) is 1. The smallest absolute Gasteiger partial charge is 0.308 e. The summed E-state index contributed by atoms with van der Waals surface area (Å²) in [6, 6.07) is 6.40. The Hall–Kier alpha value is -1.93. The van der Waals surface area contributed by atoms with Gasteiger partial charge in [0.1, 0.15) is 4.88 Å². The fourth-order valence-corrected chi connectivity index (χ4v) is 3.81. The molecule has 0 saturated heterocycles. The van der Waals surface area contributed by atoms with E-state index in [1.54, 1.807) is 19.1 Å². The third kappa shape index (κ3) is 4.79. The second kappa shape index (κ2) is 7.53. The first-order valence-corrected chi connectivity index (χ1v) is 10.6. The first kappa shape index (κ1) is 19.4. The molecule has 0 unspecified atom stereocenters. The minimum atomic E-state index is -3.25. The van der Waals surface area contributed by atoms with Crippen LogP contribution in [0.4, 0.5) is 0 Å². The summed E-state index contributed by atoms with van der Waals surface area (Å²) in [6.45, 7) is 6.59. The molecule has 8 heteroatoms. The lowest BCUT2D eigenvalue weighted by atomic mass is 10.2. The number of rotatable bonds is 6. The van der Waals surface area contributed by atoms with Crippen molar-refractivity contribution in [3.8, 4) is 0 Å². The molecule has 6 nitrogen and oxygen atoms in total. The lowest BCUT2D eigenvalue weighted by Gasteiger charge is -2.08. The predicted octanol–water partition coefficient (Wildman–Crippen LogP) is 2.06. The fraction of sp³-hybridized carbons (Fsp3) is 0.412. The molecule has 0 aliphatic heterocycles. The Morgan fingerprint density at radius 1 is 1.24 bits per heavy atom. The van der Waals surface area contributed by atoms with Gasteiger partial charge in [-0.1, -0.05) is 37.3 Å². The Morgan fingerprint density at radius 3 is 2.36 bits per heavy atom. The number of amides is 1. The molecule has 2 aromatic rings. The topological polar surface area (TPSA) is 85.2 Å². The Bertz CT molecular complexity index is 923. The summed E-state index contributed by atoms with van der Waals surface area (Å²) in [5.41, 5.74) is 1.41. The Morgan fingerprint density at radius 2 is 1.84 bits per heavy atom. The van der Waals surface area contributed by atoms with Crippen molar-refractivity contribution in [3.05, 3.63) is 50.1 Å². The van der Waals surface area contributed by atoms with Crippen LogP contribution < -0.4 is 10.2 Å². The Labute approximate surface area is 151 Å². The zero-order chi connectivity index (χ0) is 18.8. The average Bonchev–Trinajstić information content (AvgIpc) is 2.80. The number of aromatic nitrogens is 1. The number of benzene rings is 1. The number of hydrogen-bond donors (Lipinski definition) is 1. The molecule has 0 aliphatic rings. The summed E-state index contributed by atoms with van der Waals surface area (Å²) in [5.74, 6) is 0.0934. The molecule has 1 N–H and O–H groups in total. The average molecular weight is 383 g/mol. The highest BCUT2D eigenvalue weighted by Crippen LogP contribution is 2.15. The molecular weight excluding hydrogens is 360 g/mol. The van der Waals surface area contributed by atoms with E-state index in [4.69, 9.17) is 0 Å². The van der Waals surface area contributed by atoms with Crippen molar-refractivity contribution in [2.75, 3.05) is 12.8 Å². The van der Waals surface area contributed by atoms with E-state index >= 15 is 0 Å². The second-order valence-corrected chi connectivity index (χ2v) is 9.37. The quantitative estimate of drug-likeness (QED) is 0.829. The van der Waals surface area contributed by atoms with Crippen molar-refractivity contribution < 1.29 is 13.2 Å². The standard InChI is InChI=1S/C17H22N2O4S2/c1-11(2)9-18-16(20)15-12(3)19(17(21)24-15)10-13-5-7-14(8-6-13)25(4,22)23/h5-8,11H,9-10H2,1-4H3,(H,18,20). The van der Waals surface area contributed by atoms with Crippen LogP contribution >= 0.6 is 11.3 Å². The van der Waals surface area contributed by atoms with Crippen LogP contribution in [-0.4, -0.2) is 31.7 Å². The van der Waals surface area contributed by atoms with E-state index in [9.17, 15) is 18.0 Å². The van der Waals surface area contributed by atoms with Gasteiger partial charge in [0.2, 0.25) is 0 Å². The van der Waals surface area contributed by atoms with Crippen LogP contribution in [0.25, 0.3) is 0 Å². The van der Waals surface area contributed by atoms with Gasteiger partial charge >= 0.3 is 4.87 Å². The van der Waals surface area contributed by atoms with Crippen molar-refractivity contribution in [2.24, 2.45) is 5.92 Å². The number of carbonyl (C=O) groups is 1. The number of hydrogen-bond acceptors (Lipinski definition) is 5. The number of thiazole rings is 1. The molecule has 0 saturated carbocycles. The summed E-state index contributed by atoms with van der Waals surface area (Å²) in [7, 11) is -3.25. The van der Waals surface area contributed by atoms with E-state index < -0.39 is 9.84 Å². The largest absolute Gasteiger partial charge is 0.351 e. The predicted molar refractivity (Wildman–Crippen MR) is 99.1 cm³/mol. The van der Waals surface area contributed by atoms with Crippen molar-refractivity contribution in [3.63, 3.8) is 0 Å². The highest BCUT2D eigenvalue weighted by Gasteiger charge is 2.18. The van der Waals surface area contributed by atoms with Crippen LogP contribution in [0.15, 0.2) is 34.0 Å². The molecule has 1 aromatic carbocycles. The minimum Gasteiger partial charge on any atom is -0.351 e. The highest BCUT2D eigenvalue weighted by atomic mass is 32.2. The zero-order valence-corrected chi connectivity index (χ0v) is 16.3. The van der Waals surface area contributed by atoms with Crippen LogP contribution in [0.3, 0.4) is 0 Å². The molecule has 2 rings (SSSR count). The van der Waals surface area contributed by atoms with Crippen LogP contribution in [0.2, 0.25) is 0 Å². The first-order valence-electron chi connectivity index (χ1n) is 7.87. The molecule has 0 aliphatic carbocycles. The van der Waals surface area contributed by atoms with Crippen molar-refractivity contribution >= 4 is 27.1 Å². The maximum atomic E-state index is 12.2. The van der Waals surface area contributed by atoms with E-state index in [1.807, 2.05) is 13.8 Å². The van der Waals surface area contributed by atoms with Crippen LogP contribution in [-0.2, 0) is 16.4 Å². The summed E-state index contributed by atoms with van der Waals surface area (Å²) in [6.07, 6.45) is 1.15. The minimum absolute atomic E-state index is 0.209. The highest BCUT2D eigenvalue weighted by molar-refractivity contribution is 7.90. The molecule has 25 heavy (non-hydrogen) atoms. The van der Waals surface area contributed by atoms with Crippen molar-refractivity contribution in [1.82, 2.24) is 9.88 Å². The molecule has 0 spiro atoms. The van der Waals surface area contributed by atoms with Crippen molar-refractivity contribution in [2.45, 2.75) is 32.2 Å². The lowest BCUT2D eigenvalue weighted by Crippen LogP contribution is -2.27. The molecular formula is C17H22N2O4S2. The van der Waals surface area contributed by atoms with Gasteiger partial charge in [-0.3, -0.25) is 14.2 Å². The molecule has 1 amide bonds. The fourth-order valence-electron chi connectivity index (χ4n) is 2.27. The Balaban J connectivity index is 2.23. The normalized spacial score (nSPS) is 11.7. The maximum Gasteiger partial charge on any atom is 0.308 e. The number of sulfone groups is 1. The Kier molecular flexibility index (Phi) is 5.84. The number of nitrogens with one attached hydrogen (secondary N) is 1. The zero-order valence-electron chi connectivity index (χ0n) is 14.7. The monoisotopic (exact) mass is 382 g/mol. The number of carbonyl (C=O) groups excluding carboxylic acids is 1. The molecule has 0 fully saturated rings. The van der Waals surface area contributed by atoms with E-state index in [0.29, 0.717) is 29.6 Å². The van der Waals surface area contributed by atoms with Crippen LogP contribution in [0, 0.1) is 12.8 Å². The molecule has 1 heterocycles.